The number of hydrogen-bond acceptors (Lipinski definition) is 4. The number of benzene rings is 1. The zero-order valence-electron chi connectivity index (χ0n) is 16.1. The number of furan rings is 1. The number of hydrogen-bond donors (Lipinski definition) is 2. The van der Waals surface area contributed by atoms with E-state index in [1.165, 1.54) is 11.8 Å². The number of carbonyl (C=O) groups excluding carboxylic acids is 1. The van der Waals surface area contributed by atoms with Crippen molar-refractivity contribution in [3.05, 3.63) is 71.2 Å². The number of rotatable bonds is 6. The van der Waals surface area contributed by atoms with Crippen molar-refractivity contribution >= 4 is 11.7 Å². The molecule has 29 heavy (non-hydrogen) atoms. The monoisotopic (exact) mass is 387 g/mol. The fourth-order valence-electron chi connectivity index (χ4n) is 3.84. The molecule has 146 valence electrons. The second-order valence-electron chi connectivity index (χ2n) is 7.05. The number of nitrogens with one attached hydrogen (secondary N) is 3. The van der Waals surface area contributed by atoms with Crippen molar-refractivity contribution in [3.8, 4) is 17.3 Å². The third kappa shape index (κ3) is 3.99. The molecular formula is C23H23N4O2+. The first-order valence-electron chi connectivity index (χ1n) is 9.90. The zero-order valence-corrected chi connectivity index (χ0v) is 16.1. The highest BCUT2D eigenvalue weighted by atomic mass is 16.3. The minimum absolute atomic E-state index is 0.253. The van der Waals surface area contributed by atoms with E-state index in [1.54, 1.807) is 12.1 Å². The molecule has 0 spiro atoms. The van der Waals surface area contributed by atoms with Crippen molar-refractivity contribution in [2.24, 2.45) is 0 Å². The fourth-order valence-corrected chi connectivity index (χ4v) is 3.84. The molecule has 0 bridgehead atoms. The maximum atomic E-state index is 12.0. The number of fused-ring (bicyclic) bond motifs is 1. The molecule has 0 saturated carbocycles. The molecule has 4 rings (SSSR count). The molecule has 3 N–H and O–H groups in total. The SMILES string of the molecule is N#Cc1c(NCCNC(=O)c2ccco2)[nH+]c(-c2ccccc2)c2c1CCCC2. The maximum Gasteiger partial charge on any atom is 0.291 e. The summed E-state index contributed by atoms with van der Waals surface area (Å²) >= 11 is 0. The van der Waals surface area contributed by atoms with E-state index in [9.17, 15) is 10.1 Å². The number of carbonyl (C=O) groups is 1. The first-order valence-corrected chi connectivity index (χ1v) is 9.90. The minimum atomic E-state index is -0.253. The molecule has 0 saturated heterocycles. The van der Waals surface area contributed by atoms with Crippen LogP contribution in [0.2, 0.25) is 0 Å². The summed E-state index contributed by atoms with van der Waals surface area (Å²) in [6, 6.07) is 15.9. The number of nitriles is 1. The zero-order chi connectivity index (χ0) is 20.1. The third-order valence-corrected chi connectivity index (χ3v) is 5.20. The Hall–Kier alpha value is -3.59. The molecule has 1 aromatic carbocycles. The van der Waals surface area contributed by atoms with Crippen LogP contribution < -0.4 is 15.6 Å². The van der Waals surface area contributed by atoms with Crippen LogP contribution in [-0.4, -0.2) is 19.0 Å². The van der Waals surface area contributed by atoms with Gasteiger partial charge in [-0.1, -0.05) is 30.3 Å². The Labute approximate surface area is 169 Å². The highest BCUT2D eigenvalue weighted by Crippen LogP contribution is 2.32. The number of pyridine rings is 1. The van der Waals surface area contributed by atoms with Gasteiger partial charge in [-0.25, -0.2) is 4.98 Å². The molecule has 2 heterocycles. The predicted octanol–water partition coefficient (Wildman–Crippen LogP) is 3.35. The molecule has 0 aliphatic heterocycles. The summed E-state index contributed by atoms with van der Waals surface area (Å²) in [5.74, 6) is 0.741. The van der Waals surface area contributed by atoms with Crippen LogP contribution in [0, 0.1) is 11.3 Å². The van der Waals surface area contributed by atoms with E-state index in [4.69, 9.17) is 4.42 Å². The lowest BCUT2D eigenvalue weighted by molar-refractivity contribution is -0.348. The molecule has 2 aromatic heterocycles. The van der Waals surface area contributed by atoms with Crippen molar-refractivity contribution in [1.82, 2.24) is 5.32 Å². The largest absolute Gasteiger partial charge is 0.459 e. The molecule has 1 aliphatic rings. The molecule has 6 heteroatoms. The number of aromatic nitrogens is 1. The molecular weight excluding hydrogens is 364 g/mol. The Morgan fingerprint density at radius 1 is 1.07 bits per heavy atom. The van der Waals surface area contributed by atoms with Gasteiger partial charge in [-0.2, -0.15) is 5.26 Å². The van der Waals surface area contributed by atoms with Gasteiger partial charge in [-0.3, -0.25) is 10.1 Å². The van der Waals surface area contributed by atoms with Crippen LogP contribution in [0.3, 0.4) is 0 Å². The number of H-pyrrole nitrogens is 1. The standard InChI is InChI=1S/C23H22N4O2/c24-15-19-17-9-4-5-10-18(17)21(16-7-2-1-3-8-16)27-22(19)25-12-13-26-23(28)20-11-6-14-29-20/h1-3,6-8,11,14H,4-5,9-10,12-13H2,(H,25,27)(H,26,28)/p+1. The Balaban J connectivity index is 1.56. The Kier molecular flexibility index (Phi) is 5.57. The Morgan fingerprint density at radius 3 is 2.59 bits per heavy atom. The number of anilines is 1. The van der Waals surface area contributed by atoms with Crippen LogP contribution in [-0.2, 0) is 12.8 Å². The van der Waals surface area contributed by atoms with Gasteiger partial charge in [0.05, 0.1) is 12.8 Å². The van der Waals surface area contributed by atoms with E-state index >= 15 is 0 Å². The summed E-state index contributed by atoms with van der Waals surface area (Å²) in [5.41, 5.74) is 5.25. The number of amides is 1. The topological polar surface area (TPSA) is 92.2 Å². The first kappa shape index (κ1) is 18.8. The van der Waals surface area contributed by atoms with Crippen LogP contribution in [0.5, 0.6) is 0 Å². The predicted molar refractivity (Wildman–Crippen MR) is 109 cm³/mol. The van der Waals surface area contributed by atoms with Gasteiger partial charge >= 0.3 is 0 Å². The van der Waals surface area contributed by atoms with Gasteiger partial charge < -0.3 is 9.73 Å². The highest BCUT2D eigenvalue weighted by Gasteiger charge is 2.26. The van der Waals surface area contributed by atoms with Crippen LogP contribution in [0.15, 0.2) is 53.1 Å². The summed E-state index contributed by atoms with van der Waals surface area (Å²) in [4.78, 5) is 15.4. The summed E-state index contributed by atoms with van der Waals surface area (Å²) in [7, 11) is 0. The van der Waals surface area contributed by atoms with E-state index in [0.29, 0.717) is 24.5 Å². The van der Waals surface area contributed by atoms with E-state index in [-0.39, 0.29) is 11.7 Å². The van der Waals surface area contributed by atoms with Gasteiger partial charge in [0.2, 0.25) is 0 Å². The third-order valence-electron chi connectivity index (χ3n) is 5.20. The fraction of sp³-hybridized carbons (Fsp3) is 0.261. The van der Waals surface area contributed by atoms with Crippen molar-refractivity contribution in [3.63, 3.8) is 0 Å². The van der Waals surface area contributed by atoms with Crippen molar-refractivity contribution < 1.29 is 14.2 Å². The average molecular weight is 387 g/mol. The minimum Gasteiger partial charge on any atom is -0.459 e. The van der Waals surface area contributed by atoms with E-state index in [2.05, 4.69) is 33.8 Å². The Bertz CT molecular complexity index is 1040. The van der Waals surface area contributed by atoms with Gasteiger partial charge in [-0.05, 0) is 43.4 Å². The van der Waals surface area contributed by atoms with Gasteiger partial charge in [0, 0.05) is 11.1 Å². The molecule has 0 fully saturated rings. The lowest BCUT2D eigenvalue weighted by Crippen LogP contribution is -2.31. The van der Waals surface area contributed by atoms with Crippen molar-refractivity contribution in [1.29, 1.82) is 5.26 Å². The van der Waals surface area contributed by atoms with Crippen LogP contribution in [0.4, 0.5) is 5.82 Å². The second-order valence-corrected chi connectivity index (χ2v) is 7.05. The quantitative estimate of drug-likeness (QED) is 0.635. The molecule has 0 unspecified atom stereocenters. The highest BCUT2D eigenvalue weighted by molar-refractivity contribution is 5.91. The molecule has 1 aliphatic carbocycles. The van der Waals surface area contributed by atoms with Crippen LogP contribution >= 0.6 is 0 Å². The van der Waals surface area contributed by atoms with Crippen LogP contribution in [0.25, 0.3) is 11.3 Å². The average Bonchev–Trinajstić information content (AvgIpc) is 3.31. The summed E-state index contributed by atoms with van der Waals surface area (Å²) in [6.07, 6.45) is 5.59. The van der Waals surface area contributed by atoms with E-state index in [1.807, 2.05) is 18.2 Å². The summed E-state index contributed by atoms with van der Waals surface area (Å²) < 4.78 is 5.09. The summed E-state index contributed by atoms with van der Waals surface area (Å²) in [6.45, 7) is 0.903. The smallest absolute Gasteiger partial charge is 0.291 e. The molecule has 3 aromatic rings. The van der Waals surface area contributed by atoms with E-state index < -0.39 is 0 Å². The summed E-state index contributed by atoms with van der Waals surface area (Å²) in [5, 5.41) is 15.9. The molecule has 0 atom stereocenters. The van der Waals surface area contributed by atoms with Gasteiger partial charge in [0.1, 0.15) is 23.9 Å². The molecule has 1 amide bonds. The van der Waals surface area contributed by atoms with Gasteiger partial charge in [0.25, 0.3) is 11.7 Å². The normalized spacial score (nSPS) is 12.7. The van der Waals surface area contributed by atoms with Gasteiger partial charge in [0.15, 0.2) is 5.76 Å². The molecule has 0 radical (unpaired) electrons. The molecule has 6 nitrogen and oxygen atoms in total. The number of aromatic amines is 1. The Morgan fingerprint density at radius 2 is 1.86 bits per heavy atom. The lowest BCUT2D eigenvalue weighted by Gasteiger charge is -2.20. The maximum absolute atomic E-state index is 12.0. The number of nitrogens with zero attached hydrogens (tertiary/aromatic N) is 1. The lowest BCUT2D eigenvalue weighted by atomic mass is 9.86. The second kappa shape index (κ2) is 8.61. The van der Waals surface area contributed by atoms with Crippen LogP contribution in [0.1, 0.15) is 40.1 Å². The van der Waals surface area contributed by atoms with Crippen molar-refractivity contribution in [2.75, 3.05) is 18.4 Å². The van der Waals surface area contributed by atoms with Crippen molar-refractivity contribution in [2.45, 2.75) is 25.7 Å². The van der Waals surface area contributed by atoms with E-state index in [0.717, 1.165) is 42.5 Å². The first-order chi connectivity index (χ1) is 14.3. The van der Waals surface area contributed by atoms with Gasteiger partial charge in [-0.15, -0.1) is 0 Å².